The number of aromatic nitrogens is 1. The first-order valence-electron chi connectivity index (χ1n) is 6.94. The Bertz CT molecular complexity index is 682. The van der Waals surface area contributed by atoms with Crippen LogP contribution >= 0.6 is 11.6 Å². The molecule has 21 heavy (non-hydrogen) atoms. The molecule has 5 nitrogen and oxygen atoms in total. The van der Waals surface area contributed by atoms with E-state index in [0.717, 1.165) is 37.1 Å². The van der Waals surface area contributed by atoms with Crippen LogP contribution in [0.25, 0.3) is 0 Å². The van der Waals surface area contributed by atoms with E-state index in [0.29, 0.717) is 22.8 Å². The first-order valence-corrected chi connectivity index (χ1v) is 7.32. The first kappa shape index (κ1) is 13.9. The fourth-order valence-corrected chi connectivity index (χ4v) is 2.81. The number of nitrogens with zero attached hydrogens (tertiary/aromatic N) is 1. The molecule has 3 N–H and O–H groups in total. The number of hydrogen-bond acceptors (Lipinski definition) is 4. The van der Waals surface area contributed by atoms with Crippen LogP contribution in [0.4, 0.5) is 5.69 Å². The number of nitrogens with two attached hydrogens (primary N) is 1. The van der Waals surface area contributed by atoms with Crippen molar-refractivity contribution in [1.82, 2.24) is 5.16 Å². The molecule has 0 spiro atoms. The molecular weight excluding hydrogens is 290 g/mol. The lowest BCUT2D eigenvalue weighted by atomic mass is 9.96. The maximum absolute atomic E-state index is 11.5. The summed E-state index contributed by atoms with van der Waals surface area (Å²) < 4.78 is 5.37. The van der Waals surface area contributed by atoms with E-state index in [9.17, 15) is 4.79 Å². The molecule has 1 heterocycles. The van der Waals surface area contributed by atoms with Gasteiger partial charge in [0.2, 0.25) is 0 Å². The van der Waals surface area contributed by atoms with Crippen molar-refractivity contribution in [1.29, 1.82) is 0 Å². The molecule has 1 aromatic carbocycles. The average Bonchev–Trinajstić information content (AvgIpc) is 2.89. The number of halogens is 1. The van der Waals surface area contributed by atoms with Crippen molar-refractivity contribution in [2.75, 3.05) is 5.32 Å². The van der Waals surface area contributed by atoms with Gasteiger partial charge >= 0.3 is 0 Å². The Labute approximate surface area is 127 Å². The SMILES string of the molecule is NC(=O)c1cc(Cl)ccc1NCc1noc2c1CCCC2. The second-order valence-corrected chi connectivity index (χ2v) is 5.58. The largest absolute Gasteiger partial charge is 0.379 e. The van der Waals surface area contributed by atoms with Gasteiger partial charge in [-0.25, -0.2) is 0 Å². The number of fused-ring (bicyclic) bond motifs is 1. The summed E-state index contributed by atoms with van der Waals surface area (Å²) in [4.78, 5) is 11.5. The van der Waals surface area contributed by atoms with E-state index in [1.54, 1.807) is 18.2 Å². The van der Waals surface area contributed by atoms with E-state index >= 15 is 0 Å². The average molecular weight is 306 g/mol. The van der Waals surface area contributed by atoms with Crippen LogP contribution in [0.5, 0.6) is 0 Å². The fourth-order valence-electron chi connectivity index (χ4n) is 2.64. The first-order chi connectivity index (χ1) is 10.1. The quantitative estimate of drug-likeness (QED) is 0.910. The molecule has 0 unspecified atom stereocenters. The summed E-state index contributed by atoms with van der Waals surface area (Å²) in [5.41, 5.74) is 8.49. The number of aryl methyl sites for hydroxylation is 1. The van der Waals surface area contributed by atoms with Crippen molar-refractivity contribution < 1.29 is 9.32 Å². The van der Waals surface area contributed by atoms with Crippen LogP contribution in [-0.4, -0.2) is 11.1 Å². The van der Waals surface area contributed by atoms with Crippen molar-refractivity contribution in [2.24, 2.45) is 5.73 Å². The standard InChI is InChI=1S/C15H16ClN3O2/c16-9-5-6-12(11(7-9)15(17)20)18-8-13-10-3-1-2-4-14(10)21-19-13/h5-7,18H,1-4,8H2,(H2,17,20). The minimum absolute atomic E-state index is 0.375. The molecule has 110 valence electrons. The Morgan fingerprint density at radius 1 is 1.38 bits per heavy atom. The number of nitrogens with one attached hydrogen (secondary N) is 1. The number of rotatable bonds is 4. The molecule has 1 aromatic heterocycles. The summed E-state index contributed by atoms with van der Waals surface area (Å²) in [6.45, 7) is 0.501. The van der Waals surface area contributed by atoms with Crippen LogP contribution in [-0.2, 0) is 19.4 Å². The van der Waals surface area contributed by atoms with Crippen LogP contribution in [0.2, 0.25) is 5.02 Å². The molecule has 1 aliphatic carbocycles. The number of primary amides is 1. The van der Waals surface area contributed by atoms with E-state index in [-0.39, 0.29) is 0 Å². The minimum Gasteiger partial charge on any atom is -0.379 e. The van der Waals surface area contributed by atoms with Crippen molar-refractivity contribution in [2.45, 2.75) is 32.2 Å². The lowest BCUT2D eigenvalue weighted by molar-refractivity contribution is 0.100. The topological polar surface area (TPSA) is 81.2 Å². The summed E-state index contributed by atoms with van der Waals surface area (Å²) >= 11 is 5.89. The summed E-state index contributed by atoms with van der Waals surface area (Å²) in [6.07, 6.45) is 4.27. The minimum atomic E-state index is -0.512. The maximum atomic E-state index is 11.5. The molecule has 0 saturated carbocycles. The highest BCUT2D eigenvalue weighted by Crippen LogP contribution is 2.26. The molecule has 2 aromatic rings. The third-order valence-corrected chi connectivity index (χ3v) is 3.96. The zero-order valence-corrected chi connectivity index (χ0v) is 12.2. The molecule has 0 fully saturated rings. The second kappa shape index (κ2) is 5.77. The van der Waals surface area contributed by atoms with Gasteiger partial charge in [0.15, 0.2) is 0 Å². The summed E-state index contributed by atoms with van der Waals surface area (Å²) in [5.74, 6) is 0.478. The van der Waals surface area contributed by atoms with Crippen molar-refractivity contribution >= 4 is 23.2 Å². The van der Waals surface area contributed by atoms with E-state index in [4.69, 9.17) is 21.9 Å². The van der Waals surface area contributed by atoms with Gasteiger partial charge in [-0.1, -0.05) is 16.8 Å². The van der Waals surface area contributed by atoms with E-state index in [1.807, 2.05) is 0 Å². The fraction of sp³-hybridized carbons (Fsp3) is 0.333. The molecule has 0 bridgehead atoms. The Kier molecular flexibility index (Phi) is 3.84. The van der Waals surface area contributed by atoms with Crippen LogP contribution in [0, 0.1) is 0 Å². The highest BCUT2D eigenvalue weighted by atomic mass is 35.5. The maximum Gasteiger partial charge on any atom is 0.250 e. The second-order valence-electron chi connectivity index (χ2n) is 5.15. The third kappa shape index (κ3) is 2.88. The van der Waals surface area contributed by atoms with Gasteiger partial charge in [0.05, 0.1) is 12.1 Å². The highest BCUT2D eigenvalue weighted by Gasteiger charge is 2.19. The smallest absolute Gasteiger partial charge is 0.250 e. The van der Waals surface area contributed by atoms with Gasteiger partial charge in [-0.15, -0.1) is 0 Å². The number of amides is 1. The number of carbonyl (C=O) groups is 1. The zero-order valence-electron chi connectivity index (χ0n) is 11.5. The summed E-state index contributed by atoms with van der Waals surface area (Å²) in [7, 11) is 0. The van der Waals surface area contributed by atoms with Crippen LogP contribution < -0.4 is 11.1 Å². The van der Waals surface area contributed by atoms with Gasteiger partial charge in [0, 0.05) is 22.7 Å². The normalized spacial score (nSPS) is 13.8. The number of anilines is 1. The van der Waals surface area contributed by atoms with Gasteiger partial charge in [-0.05, 0) is 37.5 Å². The highest BCUT2D eigenvalue weighted by molar-refractivity contribution is 6.31. The van der Waals surface area contributed by atoms with E-state index in [1.165, 1.54) is 5.56 Å². The molecule has 0 atom stereocenters. The molecule has 6 heteroatoms. The van der Waals surface area contributed by atoms with Gasteiger partial charge in [0.25, 0.3) is 5.91 Å². The lowest BCUT2D eigenvalue weighted by Gasteiger charge is -2.12. The van der Waals surface area contributed by atoms with Gasteiger partial charge in [0.1, 0.15) is 11.5 Å². The molecule has 0 radical (unpaired) electrons. The van der Waals surface area contributed by atoms with E-state index < -0.39 is 5.91 Å². The number of carbonyl (C=O) groups excluding carboxylic acids is 1. The predicted molar refractivity (Wildman–Crippen MR) is 80.4 cm³/mol. The van der Waals surface area contributed by atoms with Crippen molar-refractivity contribution in [3.63, 3.8) is 0 Å². The molecule has 3 rings (SSSR count). The zero-order chi connectivity index (χ0) is 14.8. The Hall–Kier alpha value is -2.01. The number of hydrogen-bond donors (Lipinski definition) is 2. The Morgan fingerprint density at radius 3 is 3.00 bits per heavy atom. The predicted octanol–water partition coefficient (Wildman–Crippen LogP) is 2.92. The monoisotopic (exact) mass is 305 g/mol. The molecule has 0 saturated heterocycles. The molecule has 1 amide bonds. The molecule has 0 aliphatic heterocycles. The molecular formula is C15H16ClN3O2. The van der Waals surface area contributed by atoms with Crippen molar-refractivity contribution in [3.8, 4) is 0 Å². The van der Waals surface area contributed by atoms with Gasteiger partial charge < -0.3 is 15.6 Å². The lowest BCUT2D eigenvalue weighted by Crippen LogP contribution is -2.15. The number of benzene rings is 1. The third-order valence-electron chi connectivity index (χ3n) is 3.72. The summed E-state index contributed by atoms with van der Waals surface area (Å²) in [6, 6.07) is 5.02. The Morgan fingerprint density at radius 2 is 2.19 bits per heavy atom. The van der Waals surface area contributed by atoms with Gasteiger partial charge in [-0.3, -0.25) is 4.79 Å². The van der Waals surface area contributed by atoms with E-state index in [2.05, 4.69) is 10.5 Å². The summed E-state index contributed by atoms with van der Waals surface area (Å²) in [5, 5.41) is 7.80. The molecule has 1 aliphatic rings. The Balaban J connectivity index is 1.79. The van der Waals surface area contributed by atoms with Crippen LogP contribution in [0.15, 0.2) is 22.7 Å². The van der Waals surface area contributed by atoms with Crippen LogP contribution in [0.1, 0.15) is 40.2 Å². The van der Waals surface area contributed by atoms with Crippen molar-refractivity contribution in [3.05, 3.63) is 45.8 Å². The van der Waals surface area contributed by atoms with Crippen LogP contribution in [0.3, 0.4) is 0 Å². The van der Waals surface area contributed by atoms with Gasteiger partial charge in [-0.2, -0.15) is 0 Å².